The van der Waals surface area contributed by atoms with Gasteiger partial charge in [0.2, 0.25) is 11.8 Å². The van der Waals surface area contributed by atoms with Crippen LogP contribution in [0.2, 0.25) is 0 Å². The summed E-state index contributed by atoms with van der Waals surface area (Å²) in [5.74, 6) is -2.18. The molecule has 0 saturated carbocycles. The van der Waals surface area contributed by atoms with E-state index >= 15 is 0 Å². The molecule has 0 heterocycles. The highest BCUT2D eigenvalue weighted by Gasteiger charge is 2.17. The lowest BCUT2D eigenvalue weighted by Gasteiger charge is -2.14. The van der Waals surface area contributed by atoms with Gasteiger partial charge in [-0.3, -0.25) is 24.0 Å². The molecule has 0 rings (SSSR count). The van der Waals surface area contributed by atoms with E-state index in [1.807, 2.05) is 0 Å². The van der Waals surface area contributed by atoms with Crippen LogP contribution in [0.15, 0.2) is 0 Å². The number of nitrogens with one attached hydrogen (secondary N) is 2. The molecule has 1 atom stereocenters. The van der Waals surface area contributed by atoms with Crippen LogP contribution >= 0.6 is 0 Å². The van der Waals surface area contributed by atoms with E-state index in [-0.39, 0.29) is 43.5 Å². The molecule has 0 aromatic heterocycles. The van der Waals surface area contributed by atoms with Crippen molar-refractivity contribution in [2.75, 3.05) is 59.4 Å². The number of carboxylic acids is 2. The van der Waals surface area contributed by atoms with Crippen LogP contribution in [0.1, 0.15) is 129 Å². The zero-order chi connectivity index (χ0) is 35.5. The van der Waals surface area contributed by atoms with Crippen LogP contribution in [-0.2, 0) is 42.9 Å². The van der Waals surface area contributed by atoms with Gasteiger partial charge in [0.05, 0.1) is 65.3 Å². The molecular formula is C35H64N2O11. The number of ketones is 1. The van der Waals surface area contributed by atoms with E-state index in [9.17, 15) is 24.0 Å². The average molecular weight is 689 g/mol. The summed E-state index contributed by atoms with van der Waals surface area (Å²) in [5, 5.41) is 22.8. The molecule has 0 fully saturated rings. The second kappa shape index (κ2) is 34.3. The Morgan fingerprint density at radius 3 is 1.27 bits per heavy atom. The molecule has 4 N–H and O–H groups in total. The third kappa shape index (κ3) is 34.7. The molecule has 0 aliphatic heterocycles. The van der Waals surface area contributed by atoms with Gasteiger partial charge in [0, 0.05) is 25.8 Å². The highest BCUT2D eigenvalue weighted by atomic mass is 16.6. The molecule has 280 valence electrons. The topological polar surface area (TPSA) is 187 Å². The van der Waals surface area contributed by atoms with Gasteiger partial charge in [0.25, 0.3) is 0 Å². The molecule has 0 aromatic rings. The summed E-state index contributed by atoms with van der Waals surface area (Å²) in [6.45, 7) is 5.02. The molecule has 0 aliphatic rings. The molecule has 13 nitrogen and oxygen atoms in total. The smallest absolute Gasteiger partial charge is 0.305 e. The summed E-state index contributed by atoms with van der Waals surface area (Å²) >= 11 is 0. The van der Waals surface area contributed by atoms with Gasteiger partial charge in [0.1, 0.15) is 0 Å². The first kappa shape index (κ1) is 45.4. The first-order valence-corrected chi connectivity index (χ1v) is 18.0. The lowest BCUT2D eigenvalue weighted by molar-refractivity contribution is -0.139. The maximum absolute atomic E-state index is 12.0. The maximum Gasteiger partial charge on any atom is 0.305 e. The van der Waals surface area contributed by atoms with Gasteiger partial charge in [-0.15, -0.1) is 0 Å². The summed E-state index contributed by atoms with van der Waals surface area (Å²) in [5.41, 5.74) is 0. The standard InChI is InChI=1S/C35H64N2O11/c1-30(38)31(18-19-34(41)42)37-33(40)17-15-13-11-9-7-5-3-2-4-6-8-10-12-14-16-32(39)36-21-23-46-25-27-48-29-28-47-26-24-45-22-20-35(43)44/h31H,2-29H2,1H3,(H,36,39)(H,37,40)(H,41,42)(H,43,44)/t31-/m0/s1. The van der Waals surface area contributed by atoms with Crippen molar-refractivity contribution in [2.45, 2.75) is 135 Å². The van der Waals surface area contributed by atoms with Crippen molar-refractivity contribution in [1.29, 1.82) is 0 Å². The van der Waals surface area contributed by atoms with E-state index in [1.54, 1.807) is 0 Å². The molecule has 13 heteroatoms. The Morgan fingerprint density at radius 2 is 0.854 bits per heavy atom. The Morgan fingerprint density at radius 1 is 0.479 bits per heavy atom. The molecule has 0 saturated heterocycles. The van der Waals surface area contributed by atoms with E-state index in [1.165, 1.54) is 58.3 Å². The zero-order valence-corrected chi connectivity index (χ0v) is 29.4. The molecule has 0 radical (unpaired) electrons. The van der Waals surface area contributed by atoms with Crippen LogP contribution in [-0.4, -0.2) is 105 Å². The number of rotatable bonds is 37. The number of Topliss-reactive ketones (excluding diaryl/α,β-unsaturated/α-hetero) is 1. The second-order valence-corrected chi connectivity index (χ2v) is 12.1. The van der Waals surface area contributed by atoms with Crippen LogP contribution in [0.3, 0.4) is 0 Å². The van der Waals surface area contributed by atoms with Gasteiger partial charge in [-0.05, 0) is 26.2 Å². The number of ether oxygens (including phenoxy) is 4. The summed E-state index contributed by atoms with van der Waals surface area (Å²) in [4.78, 5) is 56.6. The number of carbonyl (C=O) groups excluding carboxylic acids is 3. The number of hydrogen-bond acceptors (Lipinski definition) is 9. The summed E-state index contributed by atoms with van der Waals surface area (Å²) < 4.78 is 21.3. The third-order valence-corrected chi connectivity index (χ3v) is 7.68. The Bertz CT molecular complexity index is 841. The Balaban J connectivity index is 3.33. The number of aliphatic carboxylic acids is 2. The zero-order valence-electron chi connectivity index (χ0n) is 29.4. The van der Waals surface area contributed by atoms with E-state index in [4.69, 9.17) is 29.2 Å². The van der Waals surface area contributed by atoms with Crippen LogP contribution in [0.5, 0.6) is 0 Å². The summed E-state index contributed by atoms with van der Waals surface area (Å²) in [6.07, 6.45) is 16.8. The second-order valence-electron chi connectivity index (χ2n) is 12.1. The van der Waals surface area contributed by atoms with Crippen LogP contribution in [0, 0.1) is 0 Å². The fourth-order valence-electron chi connectivity index (χ4n) is 4.88. The number of hydrogen-bond donors (Lipinski definition) is 4. The fourth-order valence-corrected chi connectivity index (χ4v) is 4.88. The van der Waals surface area contributed by atoms with Gasteiger partial charge in [-0.2, -0.15) is 0 Å². The SMILES string of the molecule is CC(=O)[C@H](CCC(=O)O)NC(=O)CCCCCCCCCCCCCCCCC(=O)NCCOCCOCCOCCOCCC(=O)O. The minimum absolute atomic E-state index is 0.0101. The normalized spacial score (nSPS) is 11.7. The van der Waals surface area contributed by atoms with Gasteiger partial charge >= 0.3 is 11.9 Å². The Kier molecular flexibility index (Phi) is 32.4. The van der Waals surface area contributed by atoms with Crippen molar-refractivity contribution in [1.82, 2.24) is 10.6 Å². The molecule has 0 bridgehead atoms. The quantitative estimate of drug-likeness (QED) is 0.0656. The van der Waals surface area contributed by atoms with Crippen LogP contribution in [0.4, 0.5) is 0 Å². The van der Waals surface area contributed by atoms with E-state index in [2.05, 4.69) is 10.6 Å². The monoisotopic (exact) mass is 688 g/mol. The molecule has 2 amide bonds. The summed E-state index contributed by atoms with van der Waals surface area (Å²) in [6, 6.07) is -0.707. The predicted octanol–water partition coefficient (Wildman–Crippen LogP) is 4.82. The minimum Gasteiger partial charge on any atom is -0.481 e. The summed E-state index contributed by atoms with van der Waals surface area (Å²) in [7, 11) is 0. The highest BCUT2D eigenvalue weighted by Crippen LogP contribution is 2.14. The van der Waals surface area contributed by atoms with Crippen LogP contribution < -0.4 is 10.6 Å². The van der Waals surface area contributed by atoms with E-state index < -0.39 is 18.0 Å². The Labute approximate surface area is 287 Å². The van der Waals surface area contributed by atoms with Crippen LogP contribution in [0.25, 0.3) is 0 Å². The number of carboxylic acid groups (broad SMARTS) is 2. The van der Waals surface area contributed by atoms with Crippen molar-refractivity contribution in [3.8, 4) is 0 Å². The minimum atomic E-state index is -0.973. The largest absolute Gasteiger partial charge is 0.481 e. The number of unbranched alkanes of at least 4 members (excludes halogenated alkanes) is 13. The first-order chi connectivity index (χ1) is 23.2. The van der Waals surface area contributed by atoms with Gasteiger partial charge in [-0.25, -0.2) is 0 Å². The molecule has 0 unspecified atom stereocenters. The van der Waals surface area contributed by atoms with E-state index in [0.717, 1.165) is 38.5 Å². The van der Waals surface area contributed by atoms with Crippen molar-refractivity contribution in [2.24, 2.45) is 0 Å². The van der Waals surface area contributed by atoms with Gasteiger partial charge in [-0.1, -0.05) is 77.0 Å². The lowest BCUT2D eigenvalue weighted by atomic mass is 10.0. The molecule has 0 aromatic carbocycles. The lowest BCUT2D eigenvalue weighted by Crippen LogP contribution is -2.40. The molecule has 0 aliphatic carbocycles. The Hall–Kier alpha value is -2.61. The third-order valence-electron chi connectivity index (χ3n) is 7.68. The van der Waals surface area contributed by atoms with Crippen molar-refractivity contribution < 1.29 is 53.1 Å². The van der Waals surface area contributed by atoms with Gasteiger partial charge in [0.15, 0.2) is 5.78 Å². The molecular weight excluding hydrogens is 624 g/mol. The predicted molar refractivity (Wildman–Crippen MR) is 182 cm³/mol. The average Bonchev–Trinajstić information content (AvgIpc) is 3.04. The van der Waals surface area contributed by atoms with Crippen molar-refractivity contribution in [3.63, 3.8) is 0 Å². The number of amides is 2. The maximum atomic E-state index is 12.0. The fraction of sp³-hybridized carbons (Fsp3) is 0.857. The first-order valence-electron chi connectivity index (χ1n) is 18.0. The number of carbonyl (C=O) groups is 5. The van der Waals surface area contributed by atoms with Crippen molar-refractivity contribution in [3.05, 3.63) is 0 Å². The van der Waals surface area contributed by atoms with Crippen molar-refractivity contribution >= 4 is 29.5 Å². The van der Waals surface area contributed by atoms with Gasteiger partial charge < -0.3 is 39.8 Å². The van der Waals surface area contributed by atoms with E-state index in [0.29, 0.717) is 65.6 Å². The highest BCUT2D eigenvalue weighted by molar-refractivity contribution is 5.87. The molecule has 0 spiro atoms. The molecule has 48 heavy (non-hydrogen) atoms.